The predicted octanol–water partition coefficient (Wildman–Crippen LogP) is 3.84. The molecule has 2 atom stereocenters. The molecule has 2 rings (SSSR count). The van der Waals surface area contributed by atoms with Crippen LogP contribution in [0.25, 0.3) is 0 Å². The Bertz CT molecular complexity index is 865. The maximum Gasteiger partial charge on any atom is 0.307 e. The number of halogens is 1. The molecule has 2 unspecified atom stereocenters. The van der Waals surface area contributed by atoms with E-state index in [0.717, 1.165) is 33.4 Å². The summed E-state index contributed by atoms with van der Waals surface area (Å²) in [5, 5.41) is 9.96. The molecule has 0 saturated carbocycles. The Balaban J connectivity index is 2.52. The topological polar surface area (TPSA) is 94.7 Å². The Morgan fingerprint density at radius 2 is 2.00 bits per heavy atom. The third-order valence-electron chi connectivity index (χ3n) is 5.59. The molecule has 1 aliphatic rings. The minimum absolute atomic E-state index is 0.268. The lowest BCUT2D eigenvalue weighted by Gasteiger charge is -2.29. The number of nitrogens with zero attached hydrogens (tertiary/aromatic N) is 1. The van der Waals surface area contributed by atoms with E-state index in [1.165, 1.54) is 0 Å². The van der Waals surface area contributed by atoms with Gasteiger partial charge in [0.1, 0.15) is 6.54 Å². The van der Waals surface area contributed by atoms with E-state index in [2.05, 4.69) is 22.6 Å². The van der Waals surface area contributed by atoms with E-state index in [9.17, 15) is 18.3 Å². The van der Waals surface area contributed by atoms with Crippen LogP contribution in [0, 0.1) is 9.49 Å². The average Bonchev–Trinajstić information content (AvgIpc) is 2.76. The van der Waals surface area contributed by atoms with Gasteiger partial charge in [-0.1, -0.05) is 19.8 Å². The Morgan fingerprint density at radius 1 is 1.33 bits per heavy atom. The van der Waals surface area contributed by atoms with Crippen molar-refractivity contribution < 1.29 is 27.4 Å². The molecular weight excluding hydrogens is 481 g/mol. The number of carboxylic acids is 1. The van der Waals surface area contributed by atoms with Crippen molar-refractivity contribution in [3.8, 4) is 0 Å². The molecule has 150 valence electrons. The minimum atomic E-state index is -4.02. The van der Waals surface area contributed by atoms with Gasteiger partial charge in [0.15, 0.2) is 5.71 Å². The first-order chi connectivity index (χ1) is 12.5. The molecule has 1 heterocycles. The molecule has 2 N–H and O–H groups in total. The van der Waals surface area contributed by atoms with Crippen molar-refractivity contribution in [3.63, 3.8) is 0 Å². The molecular formula is C19H27INO5S+. The zero-order valence-corrected chi connectivity index (χ0v) is 18.9. The summed E-state index contributed by atoms with van der Waals surface area (Å²) in [4.78, 5) is 12.1. The Morgan fingerprint density at radius 3 is 2.56 bits per heavy atom. The molecule has 0 aliphatic carbocycles. The molecule has 1 aromatic rings. The third-order valence-corrected chi connectivity index (χ3v) is 7.07. The van der Waals surface area contributed by atoms with Crippen molar-refractivity contribution in [1.82, 2.24) is 0 Å². The van der Waals surface area contributed by atoms with Crippen LogP contribution in [0.15, 0.2) is 18.2 Å². The van der Waals surface area contributed by atoms with E-state index in [-0.39, 0.29) is 12.2 Å². The van der Waals surface area contributed by atoms with Gasteiger partial charge in [0, 0.05) is 28.5 Å². The molecule has 8 heteroatoms. The van der Waals surface area contributed by atoms with Crippen LogP contribution in [0.1, 0.15) is 52.0 Å². The van der Waals surface area contributed by atoms with Crippen LogP contribution in [0.4, 0.5) is 5.69 Å². The highest BCUT2D eigenvalue weighted by Gasteiger charge is 2.53. The highest BCUT2D eigenvalue weighted by Crippen LogP contribution is 2.46. The predicted molar refractivity (Wildman–Crippen MR) is 114 cm³/mol. The van der Waals surface area contributed by atoms with Crippen molar-refractivity contribution in [1.29, 1.82) is 0 Å². The molecule has 0 amide bonds. The number of carboxylic acid groups (broad SMARTS) is 1. The first-order valence-electron chi connectivity index (χ1n) is 9.12. The lowest BCUT2D eigenvalue weighted by Crippen LogP contribution is -2.42. The van der Waals surface area contributed by atoms with Crippen molar-refractivity contribution >= 4 is 50.1 Å². The van der Waals surface area contributed by atoms with Gasteiger partial charge < -0.3 is 5.11 Å². The largest absolute Gasteiger partial charge is 0.481 e. The van der Waals surface area contributed by atoms with E-state index in [1.54, 1.807) is 0 Å². The van der Waals surface area contributed by atoms with Gasteiger partial charge in [0.05, 0.1) is 17.1 Å². The van der Waals surface area contributed by atoms with Crippen LogP contribution < -0.4 is 0 Å². The smallest absolute Gasteiger partial charge is 0.307 e. The molecule has 27 heavy (non-hydrogen) atoms. The van der Waals surface area contributed by atoms with E-state index in [4.69, 9.17) is 4.55 Å². The number of hydrogen-bond acceptors (Lipinski definition) is 3. The van der Waals surface area contributed by atoms with Crippen LogP contribution in [0.5, 0.6) is 0 Å². The zero-order valence-electron chi connectivity index (χ0n) is 15.9. The summed E-state index contributed by atoms with van der Waals surface area (Å²) >= 11 is 2.23. The third kappa shape index (κ3) is 4.71. The first kappa shape index (κ1) is 22.3. The van der Waals surface area contributed by atoms with Crippen LogP contribution in [0.3, 0.4) is 0 Å². The highest BCUT2D eigenvalue weighted by molar-refractivity contribution is 14.1. The molecule has 0 aromatic heterocycles. The monoisotopic (exact) mass is 508 g/mol. The number of fused-ring (bicyclic) bond motifs is 1. The van der Waals surface area contributed by atoms with Crippen LogP contribution in [-0.4, -0.2) is 46.6 Å². The molecule has 0 fully saturated rings. The Kier molecular flexibility index (Phi) is 7.07. The molecule has 0 saturated heterocycles. The normalized spacial score (nSPS) is 20.6. The molecule has 1 aliphatic heterocycles. The number of hydrogen-bond donors (Lipinski definition) is 2. The van der Waals surface area contributed by atoms with Crippen molar-refractivity contribution in [2.75, 3.05) is 12.3 Å². The molecule has 0 radical (unpaired) electrons. The fraction of sp³-hybridized carbons (Fsp3) is 0.579. The number of unbranched alkanes of at least 4 members (excludes halogenated alkanes) is 1. The van der Waals surface area contributed by atoms with Gasteiger partial charge in [-0.3, -0.25) is 9.35 Å². The van der Waals surface area contributed by atoms with Gasteiger partial charge in [-0.2, -0.15) is 13.0 Å². The van der Waals surface area contributed by atoms with Crippen molar-refractivity contribution in [2.45, 2.75) is 51.9 Å². The van der Waals surface area contributed by atoms with E-state index in [1.807, 2.05) is 43.5 Å². The maximum absolute atomic E-state index is 12.1. The quantitative estimate of drug-likeness (QED) is 0.300. The fourth-order valence-corrected chi connectivity index (χ4v) is 5.00. The number of benzene rings is 1. The van der Waals surface area contributed by atoms with E-state index >= 15 is 0 Å². The molecule has 0 spiro atoms. The van der Waals surface area contributed by atoms with Gasteiger partial charge in [0.25, 0.3) is 10.1 Å². The summed E-state index contributed by atoms with van der Waals surface area (Å²) in [7, 11) is -4.02. The number of rotatable bonds is 9. The van der Waals surface area contributed by atoms with Gasteiger partial charge >= 0.3 is 5.97 Å². The second-order valence-electron chi connectivity index (χ2n) is 7.27. The number of aliphatic carboxylic acids is 1. The number of carbonyl (C=O) groups is 1. The van der Waals surface area contributed by atoms with Gasteiger partial charge in [-0.05, 0) is 48.1 Å². The fourth-order valence-electron chi connectivity index (χ4n) is 4.02. The van der Waals surface area contributed by atoms with Crippen molar-refractivity contribution in [3.05, 3.63) is 27.3 Å². The minimum Gasteiger partial charge on any atom is -0.481 e. The average molecular weight is 508 g/mol. The summed E-state index contributed by atoms with van der Waals surface area (Å²) in [6.07, 6.45) is 2.62. The van der Waals surface area contributed by atoms with E-state index in [0.29, 0.717) is 13.0 Å². The second kappa shape index (κ2) is 8.57. The van der Waals surface area contributed by atoms with Crippen LogP contribution in [0.2, 0.25) is 0 Å². The zero-order chi connectivity index (χ0) is 20.4. The van der Waals surface area contributed by atoms with Crippen LogP contribution >= 0.6 is 22.6 Å². The lowest BCUT2D eigenvalue weighted by molar-refractivity contribution is -0.439. The van der Waals surface area contributed by atoms with E-state index < -0.39 is 27.4 Å². The van der Waals surface area contributed by atoms with Gasteiger partial charge in [-0.25, -0.2) is 0 Å². The Hall–Kier alpha value is -1.000. The summed E-state index contributed by atoms with van der Waals surface area (Å²) in [5.74, 6) is -1.68. The molecule has 1 aromatic carbocycles. The Labute approximate surface area is 174 Å². The first-order valence-corrected chi connectivity index (χ1v) is 11.8. The molecule has 0 bridgehead atoms. The second-order valence-corrected chi connectivity index (χ2v) is 10.1. The molecule has 6 nitrogen and oxygen atoms in total. The summed E-state index contributed by atoms with van der Waals surface area (Å²) in [6, 6.07) is 5.97. The summed E-state index contributed by atoms with van der Waals surface area (Å²) in [5.41, 5.74) is 2.16. The standard InChI is InChI=1S/C19H26INO5S/c1-4-5-7-15(18(22)23)19(3)13(2)21(10-6-11-27(24,25)26)17-9-8-14(20)12-16(17)19/h8-9,12,15H,4-7,10-11H2,1-3H3,(H-,22,23,24,25,26)/p+1. The van der Waals surface area contributed by atoms with Crippen LogP contribution in [-0.2, 0) is 20.3 Å². The highest BCUT2D eigenvalue weighted by atomic mass is 127. The summed E-state index contributed by atoms with van der Waals surface area (Å²) < 4.78 is 34.2. The van der Waals surface area contributed by atoms with Gasteiger partial charge in [-0.15, -0.1) is 0 Å². The summed E-state index contributed by atoms with van der Waals surface area (Å²) in [6.45, 7) is 6.37. The SMILES string of the molecule is CCCCC(C(=O)O)C1(C)C(C)=[N+](CCCS(=O)(=O)O)c2ccc(I)cc21. The maximum atomic E-state index is 12.1. The van der Waals surface area contributed by atoms with Gasteiger partial charge in [0.2, 0.25) is 5.69 Å². The van der Waals surface area contributed by atoms with Crippen molar-refractivity contribution in [2.24, 2.45) is 5.92 Å². The lowest BCUT2D eigenvalue weighted by atomic mass is 9.68.